The van der Waals surface area contributed by atoms with Crippen LogP contribution < -0.4 is 5.32 Å². The van der Waals surface area contributed by atoms with Crippen LogP contribution in [0.3, 0.4) is 0 Å². The van der Waals surface area contributed by atoms with E-state index >= 15 is 0 Å². The highest BCUT2D eigenvalue weighted by atomic mass is 19.1. The Morgan fingerprint density at radius 1 is 1.25 bits per heavy atom. The first kappa shape index (κ1) is 13.2. The molecule has 1 rings (SSSR count). The molecule has 0 heterocycles. The van der Waals surface area contributed by atoms with Crippen LogP contribution in [-0.4, -0.2) is 12.6 Å². The standard InChI is InChI=1S/C14H22FN/c1-3-5-9-13(16-4-2)11-12-8-6-7-10-14(12)15/h6-8,10,13,16H,3-5,9,11H2,1-2H3. The smallest absolute Gasteiger partial charge is 0.126 e. The molecule has 0 fully saturated rings. The highest BCUT2D eigenvalue weighted by Crippen LogP contribution is 2.12. The first-order valence-corrected chi connectivity index (χ1v) is 6.24. The van der Waals surface area contributed by atoms with E-state index in [0.29, 0.717) is 6.04 Å². The van der Waals surface area contributed by atoms with Gasteiger partial charge >= 0.3 is 0 Å². The second-order valence-electron chi connectivity index (χ2n) is 4.19. The van der Waals surface area contributed by atoms with Crippen molar-refractivity contribution in [3.8, 4) is 0 Å². The van der Waals surface area contributed by atoms with Crippen molar-refractivity contribution >= 4 is 0 Å². The number of rotatable bonds is 7. The van der Waals surface area contributed by atoms with E-state index in [1.54, 1.807) is 6.07 Å². The van der Waals surface area contributed by atoms with Crippen LogP contribution in [0, 0.1) is 5.82 Å². The molecule has 1 aromatic rings. The fourth-order valence-electron chi connectivity index (χ4n) is 1.94. The van der Waals surface area contributed by atoms with E-state index in [0.717, 1.165) is 24.9 Å². The summed E-state index contributed by atoms with van der Waals surface area (Å²) in [7, 11) is 0. The lowest BCUT2D eigenvalue weighted by Crippen LogP contribution is -2.31. The van der Waals surface area contributed by atoms with Crippen LogP contribution >= 0.6 is 0 Å². The van der Waals surface area contributed by atoms with Gasteiger partial charge in [-0.1, -0.05) is 44.9 Å². The van der Waals surface area contributed by atoms with Gasteiger partial charge in [0.05, 0.1) is 0 Å². The zero-order chi connectivity index (χ0) is 11.8. The van der Waals surface area contributed by atoms with Gasteiger partial charge in [-0.2, -0.15) is 0 Å². The van der Waals surface area contributed by atoms with E-state index in [1.165, 1.54) is 18.9 Å². The molecule has 1 aromatic carbocycles. The molecule has 1 atom stereocenters. The molecule has 90 valence electrons. The Balaban J connectivity index is 2.56. The van der Waals surface area contributed by atoms with Gasteiger partial charge in [-0.25, -0.2) is 4.39 Å². The lowest BCUT2D eigenvalue weighted by Gasteiger charge is -2.17. The predicted octanol–water partition coefficient (Wildman–Crippen LogP) is 3.54. The molecule has 0 bridgehead atoms. The van der Waals surface area contributed by atoms with Gasteiger partial charge in [-0.05, 0) is 31.0 Å². The van der Waals surface area contributed by atoms with Gasteiger partial charge < -0.3 is 5.32 Å². The summed E-state index contributed by atoms with van der Waals surface area (Å²) in [6.45, 7) is 5.23. The largest absolute Gasteiger partial charge is 0.314 e. The van der Waals surface area contributed by atoms with Crippen molar-refractivity contribution in [2.45, 2.75) is 45.6 Å². The molecule has 1 nitrogen and oxygen atoms in total. The molecular weight excluding hydrogens is 201 g/mol. The Morgan fingerprint density at radius 2 is 2.00 bits per heavy atom. The average Bonchev–Trinajstić information content (AvgIpc) is 2.29. The van der Waals surface area contributed by atoms with Gasteiger partial charge in [-0.3, -0.25) is 0 Å². The van der Waals surface area contributed by atoms with Gasteiger partial charge in [0.2, 0.25) is 0 Å². The molecule has 0 saturated heterocycles. The highest BCUT2D eigenvalue weighted by Gasteiger charge is 2.10. The first-order valence-electron chi connectivity index (χ1n) is 6.24. The van der Waals surface area contributed by atoms with Crippen molar-refractivity contribution in [1.29, 1.82) is 0 Å². The van der Waals surface area contributed by atoms with Crippen LogP contribution in [0.15, 0.2) is 24.3 Å². The van der Waals surface area contributed by atoms with E-state index in [1.807, 2.05) is 12.1 Å². The van der Waals surface area contributed by atoms with E-state index in [-0.39, 0.29) is 5.82 Å². The van der Waals surface area contributed by atoms with Gasteiger partial charge in [0, 0.05) is 6.04 Å². The summed E-state index contributed by atoms with van der Waals surface area (Å²) in [6.07, 6.45) is 4.31. The van der Waals surface area contributed by atoms with Crippen molar-refractivity contribution in [2.75, 3.05) is 6.54 Å². The van der Waals surface area contributed by atoms with Crippen LogP contribution in [0.1, 0.15) is 38.7 Å². The lowest BCUT2D eigenvalue weighted by molar-refractivity contribution is 0.464. The third kappa shape index (κ3) is 4.31. The molecule has 0 aliphatic rings. The maximum Gasteiger partial charge on any atom is 0.126 e. The molecule has 0 saturated carbocycles. The molecule has 0 radical (unpaired) electrons. The Bertz CT molecular complexity index is 299. The Morgan fingerprint density at radius 3 is 2.62 bits per heavy atom. The number of benzene rings is 1. The second kappa shape index (κ2) is 7.39. The number of hydrogen-bond acceptors (Lipinski definition) is 1. The minimum Gasteiger partial charge on any atom is -0.314 e. The number of likely N-dealkylation sites (N-methyl/N-ethyl adjacent to an activating group) is 1. The Labute approximate surface area is 98.1 Å². The molecule has 0 aliphatic heterocycles. The third-order valence-corrected chi connectivity index (χ3v) is 2.82. The average molecular weight is 223 g/mol. The molecular formula is C14H22FN. The topological polar surface area (TPSA) is 12.0 Å². The number of hydrogen-bond donors (Lipinski definition) is 1. The molecule has 0 aromatic heterocycles. The van der Waals surface area contributed by atoms with Crippen molar-refractivity contribution < 1.29 is 4.39 Å². The maximum atomic E-state index is 13.5. The zero-order valence-electron chi connectivity index (χ0n) is 10.3. The summed E-state index contributed by atoms with van der Waals surface area (Å²) in [5.41, 5.74) is 0.824. The van der Waals surface area contributed by atoms with E-state index < -0.39 is 0 Å². The van der Waals surface area contributed by atoms with Crippen LogP contribution in [0.5, 0.6) is 0 Å². The Hall–Kier alpha value is -0.890. The van der Waals surface area contributed by atoms with E-state index in [2.05, 4.69) is 19.2 Å². The Kier molecular flexibility index (Phi) is 6.09. The SMILES string of the molecule is CCCCC(Cc1ccccc1F)NCC. The quantitative estimate of drug-likeness (QED) is 0.745. The minimum absolute atomic E-state index is 0.0816. The van der Waals surface area contributed by atoms with Crippen molar-refractivity contribution in [3.05, 3.63) is 35.6 Å². The summed E-state index contributed by atoms with van der Waals surface area (Å²) in [4.78, 5) is 0. The number of nitrogens with one attached hydrogen (secondary N) is 1. The summed E-state index contributed by atoms with van der Waals surface area (Å²) in [5.74, 6) is -0.0816. The molecule has 0 spiro atoms. The predicted molar refractivity (Wildman–Crippen MR) is 67.1 cm³/mol. The molecule has 1 unspecified atom stereocenters. The van der Waals surface area contributed by atoms with Crippen molar-refractivity contribution in [1.82, 2.24) is 5.32 Å². The van der Waals surface area contributed by atoms with Crippen LogP contribution in [-0.2, 0) is 6.42 Å². The van der Waals surface area contributed by atoms with Crippen LogP contribution in [0.2, 0.25) is 0 Å². The monoisotopic (exact) mass is 223 g/mol. The molecule has 0 aliphatic carbocycles. The minimum atomic E-state index is -0.0816. The molecule has 2 heteroatoms. The van der Waals surface area contributed by atoms with Gasteiger partial charge in [-0.15, -0.1) is 0 Å². The zero-order valence-corrected chi connectivity index (χ0v) is 10.3. The summed E-state index contributed by atoms with van der Waals surface area (Å²) in [6, 6.07) is 7.47. The first-order chi connectivity index (χ1) is 7.77. The molecule has 0 amide bonds. The van der Waals surface area contributed by atoms with Crippen molar-refractivity contribution in [2.24, 2.45) is 0 Å². The molecule has 16 heavy (non-hydrogen) atoms. The van der Waals surface area contributed by atoms with Crippen LogP contribution in [0.4, 0.5) is 4.39 Å². The highest BCUT2D eigenvalue weighted by molar-refractivity contribution is 5.18. The fourth-order valence-corrected chi connectivity index (χ4v) is 1.94. The third-order valence-electron chi connectivity index (χ3n) is 2.82. The van der Waals surface area contributed by atoms with E-state index in [9.17, 15) is 4.39 Å². The summed E-state index contributed by atoms with van der Waals surface area (Å²) < 4.78 is 13.5. The normalized spacial score (nSPS) is 12.7. The van der Waals surface area contributed by atoms with Gasteiger partial charge in [0.1, 0.15) is 5.82 Å². The number of unbranched alkanes of at least 4 members (excludes halogenated alkanes) is 1. The fraction of sp³-hybridized carbons (Fsp3) is 0.571. The second-order valence-corrected chi connectivity index (χ2v) is 4.19. The summed E-state index contributed by atoms with van der Waals surface area (Å²) in [5, 5.41) is 3.43. The number of halogens is 1. The van der Waals surface area contributed by atoms with Gasteiger partial charge in [0.15, 0.2) is 0 Å². The van der Waals surface area contributed by atoms with Crippen LogP contribution in [0.25, 0.3) is 0 Å². The summed E-state index contributed by atoms with van der Waals surface area (Å²) >= 11 is 0. The maximum absolute atomic E-state index is 13.5. The van der Waals surface area contributed by atoms with Gasteiger partial charge in [0.25, 0.3) is 0 Å². The lowest BCUT2D eigenvalue weighted by atomic mass is 10.0. The molecule has 1 N–H and O–H groups in total. The van der Waals surface area contributed by atoms with Crippen molar-refractivity contribution in [3.63, 3.8) is 0 Å². The van der Waals surface area contributed by atoms with E-state index in [4.69, 9.17) is 0 Å².